The van der Waals surface area contributed by atoms with Gasteiger partial charge in [-0.15, -0.1) is 0 Å². The van der Waals surface area contributed by atoms with E-state index >= 15 is 0 Å². The van der Waals surface area contributed by atoms with Crippen molar-refractivity contribution < 1.29 is 26.7 Å². The summed E-state index contributed by atoms with van der Waals surface area (Å²) in [5.74, 6) is -1.84. The van der Waals surface area contributed by atoms with Crippen LogP contribution in [0.25, 0.3) is 0 Å². The second-order valence-corrected chi connectivity index (χ2v) is 8.22. The van der Waals surface area contributed by atoms with Gasteiger partial charge in [0.25, 0.3) is 0 Å². The minimum atomic E-state index is -4.00. The summed E-state index contributed by atoms with van der Waals surface area (Å²) in [7, 11) is -7.37. The van der Waals surface area contributed by atoms with Crippen LogP contribution in [0.2, 0.25) is 0 Å². The summed E-state index contributed by atoms with van der Waals surface area (Å²) in [6.45, 7) is 0. The fourth-order valence-corrected chi connectivity index (χ4v) is 3.33. The minimum Gasteiger partial charge on any atom is -0.480 e. The number of hydrogen-bond donors (Lipinski definition) is 2. The molecule has 1 rings (SSSR count). The molecule has 7 nitrogen and oxygen atoms in total. The van der Waals surface area contributed by atoms with E-state index in [-0.39, 0.29) is 11.3 Å². The molecule has 0 amide bonds. The van der Waals surface area contributed by atoms with Crippen molar-refractivity contribution in [2.24, 2.45) is 0 Å². The number of sulfonamides is 1. The molecule has 0 aliphatic heterocycles. The summed E-state index contributed by atoms with van der Waals surface area (Å²) in [5, 5.41) is 8.96. The lowest BCUT2D eigenvalue weighted by molar-refractivity contribution is -0.139. The van der Waals surface area contributed by atoms with Gasteiger partial charge in [0.1, 0.15) is 15.9 Å². The Morgan fingerprint density at radius 2 is 1.75 bits per heavy atom. The van der Waals surface area contributed by atoms with Crippen molar-refractivity contribution in [3.05, 3.63) is 30.3 Å². The maximum absolute atomic E-state index is 11.9. The molecule has 2 N–H and O–H groups in total. The Balaban J connectivity index is 2.88. The molecule has 0 heterocycles. The molecule has 0 aliphatic carbocycles. The van der Waals surface area contributed by atoms with Crippen molar-refractivity contribution >= 4 is 25.8 Å². The van der Waals surface area contributed by atoms with Crippen molar-refractivity contribution in [1.82, 2.24) is 4.72 Å². The van der Waals surface area contributed by atoms with Gasteiger partial charge in [-0.2, -0.15) is 4.72 Å². The van der Waals surface area contributed by atoms with Crippen LogP contribution in [0.15, 0.2) is 35.2 Å². The Hall–Kier alpha value is -1.45. The second kappa shape index (κ2) is 6.33. The highest BCUT2D eigenvalue weighted by Crippen LogP contribution is 2.09. The molecule has 0 spiro atoms. The van der Waals surface area contributed by atoms with Crippen molar-refractivity contribution in [1.29, 1.82) is 0 Å². The minimum absolute atomic E-state index is 0.0781. The quantitative estimate of drug-likeness (QED) is 0.721. The zero-order chi connectivity index (χ0) is 15.4. The summed E-state index contributed by atoms with van der Waals surface area (Å²) in [6.07, 6.45) is 0.623. The predicted octanol–water partition coefficient (Wildman–Crippen LogP) is -0.147. The standard InChI is InChI=1S/C11H15NO6S2/c1-19(15,16)8-7-10(11(13)14)12-20(17,18)9-5-3-2-4-6-9/h2-6,10,12H,7-8H2,1H3,(H,13,14)/t10-/m1/s1. The van der Waals surface area contributed by atoms with Crippen LogP contribution in [0.3, 0.4) is 0 Å². The normalized spacial score (nSPS) is 13.8. The van der Waals surface area contributed by atoms with E-state index in [2.05, 4.69) is 0 Å². The number of carboxylic acid groups (broad SMARTS) is 1. The number of rotatable bonds is 7. The van der Waals surface area contributed by atoms with E-state index in [1.165, 1.54) is 24.3 Å². The van der Waals surface area contributed by atoms with E-state index in [0.29, 0.717) is 0 Å². The van der Waals surface area contributed by atoms with Gasteiger partial charge in [0.2, 0.25) is 10.0 Å². The van der Waals surface area contributed by atoms with Gasteiger partial charge in [0.15, 0.2) is 0 Å². The van der Waals surface area contributed by atoms with Crippen molar-refractivity contribution in [3.8, 4) is 0 Å². The number of hydrogen-bond acceptors (Lipinski definition) is 5. The first-order valence-electron chi connectivity index (χ1n) is 5.60. The average molecular weight is 321 g/mol. The molecule has 9 heteroatoms. The molecular formula is C11H15NO6S2. The highest BCUT2D eigenvalue weighted by Gasteiger charge is 2.26. The molecule has 0 unspecified atom stereocenters. The zero-order valence-corrected chi connectivity index (χ0v) is 12.3. The third-order valence-corrected chi connectivity index (χ3v) is 4.89. The molecule has 1 aromatic carbocycles. The predicted molar refractivity (Wildman–Crippen MR) is 72.5 cm³/mol. The smallest absolute Gasteiger partial charge is 0.321 e. The van der Waals surface area contributed by atoms with Crippen LogP contribution in [-0.2, 0) is 24.7 Å². The van der Waals surface area contributed by atoms with Gasteiger partial charge in [0, 0.05) is 6.26 Å². The second-order valence-electron chi connectivity index (χ2n) is 4.24. The third-order valence-electron chi connectivity index (χ3n) is 2.43. The van der Waals surface area contributed by atoms with Gasteiger partial charge in [0.05, 0.1) is 10.6 Å². The molecule has 0 radical (unpaired) electrons. The first-order valence-corrected chi connectivity index (χ1v) is 9.14. The number of nitrogens with one attached hydrogen (secondary N) is 1. The summed E-state index contributed by atoms with van der Waals surface area (Å²) >= 11 is 0. The van der Waals surface area contributed by atoms with E-state index < -0.39 is 37.6 Å². The molecule has 112 valence electrons. The van der Waals surface area contributed by atoms with Crippen LogP contribution in [-0.4, -0.2) is 46.0 Å². The van der Waals surface area contributed by atoms with Gasteiger partial charge < -0.3 is 5.11 Å². The van der Waals surface area contributed by atoms with Crippen molar-refractivity contribution in [2.45, 2.75) is 17.4 Å². The number of carbonyl (C=O) groups is 1. The van der Waals surface area contributed by atoms with Crippen molar-refractivity contribution in [3.63, 3.8) is 0 Å². The lowest BCUT2D eigenvalue weighted by atomic mass is 10.2. The lowest BCUT2D eigenvalue weighted by Gasteiger charge is -2.14. The van der Waals surface area contributed by atoms with E-state index in [0.717, 1.165) is 6.26 Å². The maximum Gasteiger partial charge on any atom is 0.321 e. The van der Waals surface area contributed by atoms with Crippen LogP contribution in [0.1, 0.15) is 6.42 Å². The Bertz CT molecular complexity index is 666. The van der Waals surface area contributed by atoms with Crippen LogP contribution in [0, 0.1) is 0 Å². The first-order chi connectivity index (χ1) is 9.12. The number of benzene rings is 1. The summed E-state index contributed by atoms with van der Waals surface area (Å²) in [6, 6.07) is 5.77. The zero-order valence-electron chi connectivity index (χ0n) is 10.7. The van der Waals surface area contributed by atoms with Gasteiger partial charge >= 0.3 is 5.97 Å². The Labute approximate surface area is 117 Å². The van der Waals surface area contributed by atoms with Crippen LogP contribution < -0.4 is 4.72 Å². The molecule has 1 atom stereocenters. The van der Waals surface area contributed by atoms with Crippen molar-refractivity contribution in [2.75, 3.05) is 12.0 Å². The Morgan fingerprint density at radius 1 is 1.20 bits per heavy atom. The summed E-state index contributed by atoms with van der Waals surface area (Å²) in [5.41, 5.74) is 0. The first kappa shape index (κ1) is 16.6. The molecular weight excluding hydrogens is 306 g/mol. The Kier molecular flexibility index (Phi) is 5.26. The monoisotopic (exact) mass is 321 g/mol. The highest BCUT2D eigenvalue weighted by atomic mass is 32.2. The van der Waals surface area contributed by atoms with Gasteiger partial charge in [-0.25, -0.2) is 16.8 Å². The molecule has 1 aromatic rings. The van der Waals surface area contributed by atoms with Crippen LogP contribution in [0.4, 0.5) is 0 Å². The molecule has 0 bridgehead atoms. The molecule has 0 saturated heterocycles. The molecule has 0 fully saturated rings. The molecule has 0 saturated carbocycles. The van der Waals surface area contributed by atoms with E-state index in [1.807, 2.05) is 4.72 Å². The summed E-state index contributed by atoms with van der Waals surface area (Å²) in [4.78, 5) is 10.9. The van der Waals surface area contributed by atoms with Crippen LogP contribution in [0.5, 0.6) is 0 Å². The molecule has 0 aromatic heterocycles. The van der Waals surface area contributed by atoms with Crippen LogP contribution >= 0.6 is 0 Å². The fraction of sp³-hybridized carbons (Fsp3) is 0.364. The highest BCUT2D eigenvalue weighted by molar-refractivity contribution is 7.90. The van der Waals surface area contributed by atoms with Gasteiger partial charge in [-0.1, -0.05) is 18.2 Å². The lowest BCUT2D eigenvalue weighted by Crippen LogP contribution is -2.41. The summed E-state index contributed by atoms with van der Waals surface area (Å²) < 4.78 is 47.9. The SMILES string of the molecule is CS(=O)(=O)CC[C@@H](NS(=O)(=O)c1ccccc1)C(=O)O. The number of aliphatic carboxylic acids is 1. The molecule has 20 heavy (non-hydrogen) atoms. The number of carboxylic acids is 1. The fourth-order valence-electron chi connectivity index (χ4n) is 1.42. The topological polar surface area (TPSA) is 118 Å². The van der Waals surface area contributed by atoms with E-state index in [4.69, 9.17) is 5.11 Å². The number of sulfone groups is 1. The molecule has 0 aliphatic rings. The average Bonchev–Trinajstić information content (AvgIpc) is 2.34. The third kappa shape index (κ3) is 5.27. The maximum atomic E-state index is 11.9. The van der Waals surface area contributed by atoms with Gasteiger partial charge in [-0.3, -0.25) is 4.79 Å². The van der Waals surface area contributed by atoms with E-state index in [1.54, 1.807) is 6.07 Å². The van der Waals surface area contributed by atoms with Gasteiger partial charge in [-0.05, 0) is 18.6 Å². The largest absolute Gasteiger partial charge is 0.480 e. The Morgan fingerprint density at radius 3 is 2.20 bits per heavy atom. The van der Waals surface area contributed by atoms with E-state index in [9.17, 15) is 21.6 Å².